The minimum atomic E-state index is -0.907. The molecule has 0 aromatic carbocycles. The molecule has 0 aliphatic rings. The predicted octanol–water partition coefficient (Wildman–Crippen LogP) is 4.94. The van der Waals surface area contributed by atoms with E-state index >= 15 is 0 Å². The molecule has 0 atom stereocenters. The van der Waals surface area contributed by atoms with Gasteiger partial charge in [-0.1, -0.05) is 73.7 Å². The van der Waals surface area contributed by atoms with E-state index in [0.29, 0.717) is 6.54 Å². The summed E-state index contributed by atoms with van der Waals surface area (Å²) in [7, 11) is 0. The molecular formula is C14H28BrNO2. The van der Waals surface area contributed by atoms with E-state index in [1.807, 2.05) is 0 Å². The van der Waals surface area contributed by atoms with Gasteiger partial charge in [0, 0.05) is 11.9 Å². The van der Waals surface area contributed by atoms with Gasteiger partial charge in [-0.3, -0.25) is 0 Å². The van der Waals surface area contributed by atoms with Crippen molar-refractivity contribution < 1.29 is 9.90 Å². The van der Waals surface area contributed by atoms with Crippen molar-refractivity contribution in [3.8, 4) is 0 Å². The fourth-order valence-corrected chi connectivity index (χ4v) is 2.40. The second-order valence-electron chi connectivity index (χ2n) is 4.81. The number of carboxylic acid groups (broad SMARTS) is 1. The van der Waals surface area contributed by atoms with Gasteiger partial charge in [-0.2, -0.15) is 0 Å². The van der Waals surface area contributed by atoms with Crippen molar-refractivity contribution in [2.45, 2.75) is 70.6 Å². The van der Waals surface area contributed by atoms with E-state index in [-0.39, 0.29) is 0 Å². The number of unbranched alkanes of at least 4 members (excludes halogenated alkanes) is 10. The number of carbonyl (C=O) groups is 1. The van der Waals surface area contributed by atoms with Crippen molar-refractivity contribution in [1.29, 1.82) is 0 Å². The Morgan fingerprint density at radius 3 is 1.56 bits per heavy atom. The smallest absolute Gasteiger partial charge is 0.404 e. The fourth-order valence-electron chi connectivity index (χ4n) is 2.01. The molecule has 0 fully saturated rings. The fraction of sp³-hybridized carbons (Fsp3) is 0.929. The summed E-state index contributed by atoms with van der Waals surface area (Å²) in [5.74, 6) is 0. The van der Waals surface area contributed by atoms with Crippen LogP contribution in [0.25, 0.3) is 0 Å². The summed E-state index contributed by atoms with van der Waals surface area (Å²) in [6.45, 7) is 0.600. The Balaban J connectivity index is 2.92. The van der Waals surface area contributed by atoms with Crippen molar-refractivity contribution in [2.24, 2.45) is 0 Å². The third kappa shape index (κ3) is 15.8. The summed E-state index contributed by atoms with van der Waals surface area (Å²) >= 11 is 3.45. The van der Waals surface area contributed by atoms with Crippen molar-refractivity contribution >= 4 is 22.0 Å². The van der Waals surface area contributed by atoms with E-state index < -0.39 is 6.09 Å². The van der Waals surface area contributed by atoms with Gasteiger partial charge in [0.25, 0.3) is 0 Å². The molecule has 0 rings (SSSR count). The molecule has 0 spiro atoms. The average molecular weight is 322 g/mol. The van der Waals surface area contributed by atoms with Gasteiger partial charge in [-0.05, 0) is 12.8 Å². The van der Waals surface area contributed by atoms with E-state index in [2.05, 4.69) is 21.2 Å². The van der Waals surface area contributed by atoms with Gasteiger partial charge in [-0.25, -0.2) is 4.79 Å². The number of hydrogen-bond donors (Lipinski definition) is 2. The molecule has 108 valence electrons. The van der Waals surface area contributed by atoms with Crippen LogP contribution in [0, 0.1) is 0 Å². The Bertz CT molecular complexity index is 189. The molecule has 0 aliphatic carbocycles. The molecule has 0 heterocycles. The van der Waals surface area contributed by atoms with Crippen molar-refractivity contribution in [2.75, 3.05) is 11.9 Å². The molecule has 0 aromatic rings. The van der Waals surface area contributed by atoms with Crippen molar-refractivity contribution in [3.05, 3.63) is 0 Å². The summed E-state index contributed by atoms with van der Waals surface area (Å²) in [5, 5.41) is 11.9. The average Bonchev–Trinajstić information content (AvgIpc) is 2.34. The van der Waals surface area contributed by atoms with Gasteiger partial charge >= 0.3 is 6.09 Å². The van der Waals surface area contributed by atoms with Crippen LogP contribution in [0.1, 0.15) is 70.6 Å². The molecule has 18 heavy (non-hydrogen) atoms. The highest BCUT2D eigenvalue weighted by molar-refractivity contribution is 9.09. The van der Waals surface area contributed by atoms with Gasteiger partial charge in [0.1, 0.15) is 0 Å². The molecule has 0 saturated heterocycles. The van der Waals surface area contributed by atoms with E-state index in [4.69, 9.17) is 5.11 Å². The van der Waals surface area contributed by atoms with Gasteiger partial charge < -0.3 is 10.4 Å². The van der Waals surface area contributed by atoms with E-state index in [1.165, 1.54) is 57.8 Å². The number of rotatable bonds is 13. The normalized spacial score (nSPS) is 10.5. The van der Waals surface area contributed by atoms with Gasteiger partial charge in [0.15, 0.2) is 0 Å². The highest BCUT2D eigenvalue weighted by Gasteiger charge is 1.95. The van der Waals surface area contributed by atoms with Crippen molar-refractivity contribution in [3.63, 3.8) is 0 Å². The third-order valence-corrected chi connectivity index (χ3v) is 3.65. The lowest BCUT2D eigenvalue weighted by molar-refractivity contribution is 0.194. The highest BCUT2D eigenvalue weighted by atomic mass is 79.9. The Labute approximate surface area is 120 Å². The molecule has 0 saturated carbocycles. The van der Waals surface area contributed by atoms with Crippen LogP contribution in [0.15, 0.2) is 0 Å². The Morgan fingerprint density at radius 1 is 0.778 bits per heavy atom. The molecule has 0 bridgehead atoms. The summed E-state index contributed by atoms with van der Waals surface area (Å²) in [6, 6.07) is 0. The maximum atomic E-state index is 10.2. The Morgan fingerprint density at radius 2 is 1.17 bits per heavy atom. The van der Waals surface area contributed by atoms with Gasteiger partial charge in [-0.15, -0.1) is 0 Å². The van der Waals surface area contributed by atoms with E-state index in [1.54, 1.807) is 0 Å². The summed E-state index contributed by atoms with van der Waals surface area (Å²) in [4.78, 5) is 10.2. The second kappa shape index (κ2) is 14.8. The van der Waals surface area contributed by atoms with Crippen LogP contribution in [0.2, 0.25) is 0 Å². The van der Waals surface area contributed by atoms with Crippen LogP contribution in [-0.4, -0.2) is 23.1 Å². The molecule has 0 unspecified atom stereocenters. The zero-order chi connectivity index (χ0) is 13.5. The topological polar surface area (TPSA) is 49.3 Å². The first-order valence-electron chi connectivity index (χ1n) is 7.30. The standard InChI is InChI=1S/C14H28BrNO2/c15-12-10-8-6-4-2-1-3-5-7-9-11-13-16-14(17)18/h16H,1-13H2,(H,17,18). The minimum absolute atomic E-state index is 0.600. The SMILES string of the molecule is O=C(O)NCCCCCCCCCCCCCBr. The van der Waals surface area contributed by atoms with Gasteiger partial charge in [0.2, 0.25) is 0 Å². The molecule has 0 radical (unpaired) electrons. The Kier molecular flexibility index (Phi) is 14.6. The van der Waals surface area contributed by atoms with Crippen LogP contribution in [-0.2, 0) is 0 Å². The summed E-state index contributed by atoms with van der Waals surface area (Å²) < 4.78 is 0. The lowest BCUT2D eigenvalue weighted by Gasteiger charge is -2.03. The van der Waals surface area contributed by atoms with E-state index in [9.17, 15) is 4.79 Å². The van der Waals surface area contributed by atoms with E-state index in [0.717, 1.165) is 18.2 Å². The van der Waals surface area contributed by atoms with Crippen LogP contribution in [0.3, 0.4) is 0 Å². The lowest BCUT2D eigenvalue weighted by Crippen LogP contribution is -2.21. The maximum absolute atomic E-state index is 10.2. The minimum Gasteiger partial charge on any atom is -0.465 e. The third-order valence-electron chi connectivity index (χ3n) is 3.09. The maximum Gasteiger partial charge on any atom is 0.404 e. The quantitative estimate of drug-likeness (QED) is 0.373. The summed E-state index contributed by atoms with van der Waals surface area (Å²) in [5.41, 5.74) is 0. The number of amides is 1. The number of nitrogens with one attached hydrogen (secondary N) is 1. The van der Waals surface area contributed by atoms with Crippen LogP contribution in [0.4, 0.5) is 4.79 Å². The zero-order valence-corrected chi connectivity index (χ0v) is 13.0. The first-order chi connectivity index (χ1) is 8.77. The van der Waals surface area contributed by atoms with Crippen LogP contribution < -0.4 is 5.32 Å². The molecule has 0 aromatic heterocycles. The van der Waals surface area contributed by atoms with Crippen molar-refractivity contribution in [1.82, 2.24) is 5.32 Å². The Hall–Kier alpha value is -0.250. The molecule has 3 nitrogen and oxygen atoms in total. The van der Waals surface area contributed by atoms with Crippen LogP contribution in [0.5, 0.6) is 0 Å². The summed E-state index contributed by atoms with van der Waals surface area (Å²) in [6.07, 6.45) is 13.3. The highest BCUT2D eigenvalue weighted by Crippen LogP contribution is 2.11. The number of alkyl halides is 1. The lowest BCUT2D eigenvalue weighted by atomic mass is 10.1. The van der Waals surface area contributed by atoms with Crippen LogP contribution >= 0.6 is 15.9 Å². The number of hydrogen-bond acceptors (Lipinski definition) is 1. The first-order valence-corrected chi connectivity index (χ1v) is 8.42. The largest absolute Gasteiger partial charge is 0.465 e. The molecular weight excluding hydrogens is 294 g/mol. The zero-order valence-electron chi connectivity index (χ0n) is 11.4. The molecule has 4 heteroatoms. The second-order valence-corrected chi connectivity index (χ2v) is 5.60. The number of halogens is 1. The van der Waals surface area contributed by atoms with Gasteiger partial charge in [0.05, 0.1) is 0 Å². The molecule has 2 N–H and O–H groups in total. The first kappa shape index (κ1) is 17.8. The predicted molar refractivity (Wildman–Crippen MR) is 80.6 cm³/mol. The molecule has 1 amide bonds. The monoisotopic (exact) mass is 321 g/mol. The molecule has 0 aliphatic heterocycles.